The van der Waals surface area contributed by atoms with Gasteiger partial charge in [-0.05, 0) is 31.1 Å². The van der Waals surface area contributed by atoms with Crippen molar-refractivity contribution in [1.29, 1.82) is 0 Å². The lowest BCUT2D eigenvalue weighted by molar-refractivity contribution is 0.194. The molecule has 0 aromatic carbocycles. The Morgan fingerprint density at radius 3 is 3.00 bits per heavy atom. The number of rotatable bonds is 2. The van der Waals surface area contributed by atoms with E-state index >= 15 is 0 Å². The lowest BCUT2D eigenvalue weighted by atomic mass is 9.99. The number of ether oxygens (including phenoxy) is 1. The van der Waals surface area contributed by atoms with Crippen LogP contribution in [0.25, 0.3) is 0 Å². The highest BCUT2D eigenvalue weighted by Gasteiger charge is 2.19. The van der Waals surface area contributed by atoms with E-state index in [4.69, 9.17) is 4.74 Å². The van der Waals surface area contributed by atoms with E-state index in [1.54, 1.807) is 0 Å². The first-order valence-electron chi connectivity index (χ1n) is 6.11. The van der Waals surface area contributed by atoms with Crippen LogP contribution in [0.2, 0.25) is 0 Å². The quantitative estimate of drug-likeness (QED) is 0.780. The third-order valence-corrected chi connectivity index (χ3v) is 3.38. The average Bonchev–Trinajstić information content (AvgIpc) is 2.79. The van der Waals surface area contributed by atoms with Gasteiger partial charge in [0.1, 0.15) is 0 Å². The van der Waals surface area contributed by atoms with E-state index in [0.29, 0.717) is 5.92 Å². The number of pyridine rings is 1. The van der Waals surface area contributed by atoms with E-state index in [1.165, 1.54) is 5.56 Å². The molecule has 3 heteroatoms. The van der Waals surface area contributed by atoms with Crippen molar-refractivity contribution < 1.29 is 4.74 Å². The van der Waals surface area contributed by atoms with Gasteiger partial charge in [0.25, 0.3) is 0 Å². The smallest absolute Gasteiger partial charge is 0.0848 e. The van der Waals surface area contributed by atoms with Crippen molar-refractivity contribution in [3.05, 3.63) is 35.7 Å². The summed E-state index contributed by atoms with van der Waals surface area (Å²) in [5, 5.41) is 0. The SMILES string of the molecule is Cc1ncc([C@@H]2CCOC2)cc1N=C1C=CC1. The molecule has 1 aromatic rings. The topological polar surface area (TPSA) is 34.5 Å². The summed E-state index contributed by atoms with van der Waals surface area (Å²) in [6, 6.07) is 2.17. The van der Waals surface area contributed by atoms with Crippen LogP contribution in [0.5, 0.6) is 0 Å². The zero-order valence-electron chi connectivity index (χ0n) is 10.0. The van der Waals surface area contributed by atoms with Gasteiger partial charge >= 0.3 is 0 Å². The molecule has 1 saturated heterocycles. The van der Waals surface area contributed by atoms with Crippen molar-refractivity contribution in [1.82, 2.24) is 4.98 Å². The summed E-state index contributed by atoms with van der Waals surface area (Å²) in [5.74, 6) is 0.499. The molecule has 88 valence electrons. The molecule has 2 heterocycles. The first-order chi connectivity index (χ1) is 8.33. The number of aliphatic imine (C=N–C) groups is 1. The first-order valence-corrected chi connectivity index (χ1v) is 6.11. The van der Waals surface area contributed by atoms with E-state index in [9.17, 15) is 0 Å². The Morgan fingerprint density at radius 1 is 1.47 bits per heavy atom. The third-order valence-electron chi connectivity index (χ3n) is 3.38. The Labute approximate surface area is 101 Å². The molecule has 3 nitrogen and oxygen atoms in total. The van der Waals surface area contributed by atoms with Crippen LogP contribution in [0.15, 0.2) is 29.4 Å². The summed E-state index contributed by atoms with van der Waals surface area (Å²) in [6.07, 6.45) is 8.23. The van der Waals surface area contributed by atoms with E-state index in [2.05, 4.69) is 28.2 Å². The number of aryl methyl sites for hydroxylation is 1. The van der Waals surface area contributed by atoms with Gasteiger partial charge in [-0.2, -0.15) is 0 Å². The Hall–Kier alpha value is -1.48. The summed E-state index contributed by atoms with van der Waals surface area (Å²) in [6.45, 7) is 3.70. The second kappa shape index (κ2) is 4.41. The van der Waals surface area contributed by atoms with Crippen LogP contribution in [-0.4, -0.2) is 23.9 Å². The van der Waals surface area contributed by atoms with Gasteiger partial charge < -0.3 is 4.74 Å². The molecule has 1 fully saturated rings. The minimum Gasteiger partial charge on any atom is -0.381 e. The number of hydrogen-bond acceptors (Lipinski definition) is 3. The van der Waals surface area contributed by atoms with Crippen molar-refractivity contribution in [2.45, 2.75) is 25.7 Å². The molecule has 3 rings (SSSR count). The molecule has 0 N–H and O–H groups in total. The maximum atomic E-state index is 5.42. The van der Waals surface area contributed by atoms with E-state index in [0.717, 1.165) is 43.1 Å². The summed E-state index contributed by atoms with van der Waals surface area (Å²) in [5.41, 5.74) is 4.42. The Morgan fingerprint density at radius 2 is 2.35 bits per heavy atom. The standard InChI is InChI=1S/C14H16N2O/c1-10-14(16-13-3-2-4-13)7-12(8-15-10)11-5-6-17-9-11/h2-3,7-8,11H,4-6,9H2,1H3/t11-/m1/s1. The molecule has 1 aliphatic heterocycles. The number of allylic oxidation sites excluding steroid dienone is 2. The second-order valence-electron chi connectivity index (χ2n) is 4.64. The molecule has 1 aromatic heterocycles. The number of hydrogen-bond donors (Lipinski definition) is 0. The molecule has 0 radical (unpaired) electrons. The van der Waals surface area contributed by atoms with Crippen LogP contribution in [0.1, 0.15) is 30.0 Å². The maximum Gasteiger partial charge on any atom is 0.0848 e. The molecular weight excluding hydrogens is 212 g/mol. The maximum absolute atomic E-state index is 5.42. The van der Waals surface area contributed by atoms with Gasteiger partial charge in [-0.25, -0.2) is 0 Å². The van der Waals surface area contributed by atoms with E-state index in [-0.39, 0.29) is 0 Å². The monoisotopic (exact) mass is 228 g/mol. The molecule has 0 saturated carbocycles. The van der Waals surface area contributed by atoms with Crippen LogP contribution < -0.4 is 0 Å². The lowest BCUT2D eigenvalue weighted by Gasteiger charge is -2.11. The van der Waals surface area contributed by atoms with Crippen molar-refractivity contribution in [2.75, 3.05) is 13.2 Å². The zero-order chi connectivity index (χ0) is 11.7. The summed E-state index contributed by atoms with van der Waals surface area (Å²) in [4.78, 5) is 9.07. The predicted molar refractivity (Wildman–Crippen MR) is 68.0 cm³/mol. The summed E-state index contributed by atoms with van der Waals surface area (Å²) >= 11 is 0. The van der Waals surface area contributed by atoms with Crippen LogP contribution >= 0.6 is 0 Å². The number of nitrogens with zero attached hydrogens (tertiary/aromatic N) is 2. The lowest BCUT2D eigenvalue weighted by Crippen LogP contribution is -2.02. The fraction of sp³-hybridized carbons (Fsp3) is 0.429. The number of aromatic nitrogens is 1. The van der Waals surface area contributed by atoms with Crippen LogP contribution in [0.4, 0.5) is 5.69 Å². The van der Waals surface area contributed by atoms with Crippen LogP contribution in [-0.2, 0) is 4.74 Å². The Balaban J connectivity index is 1.91. The molecule has 0 spiro atoms. The molecule has 0 unspecified atom stereocenters. The minimum absolute atomic E-state index is 0.499. The van der Waals surface area contributed by atoms with Crippen LogP contribution in [0.3, 0.4) is 0 Å². The van der Waals surface area contributed by atoms with Gasteiger partial charge in [0.15, 0.2) is 0 Å². The largest absolute Gasteiger partial charge is 0.381 e. The van der Waals surface area contributed by atoms with Gasteiger partial charge in [-0.3, -0.25) is 9.98 Å². The van der Waals surface area contributed by atoms with Crippen molar-refractivity contribution in [3.8, 4) is 0 Å². The summed E-state index contributed by atoms with van der Waals surface area (Å²) < 4.78 is 5.42. The summed E-state index contributed by atoms with van der Waals surface area (Å²) in [7, 11) is 0. The first kappa shape index (κ1) is 10.7. The molecule has 0 amide bonds. The van der Waals surface area contributed by atoms with Crippen molar-refractivity contribution >= 4 is 11.4 Å². The highest BCUT2D eigenvalue weighted by molar-refractivity contribution is 6.03. The average molecular weight is 228 g/mol. The van der Waals surface area contributed by atoms with Crippen LogP contribution in [0, 0.1) is 6.92 Å². The Kier molecular flexibility index (Phi) is 2.77. The van der Waals surface area contributed by atoms with E-state index < -0.39 is 0 Å². The zero-order valence-corrected chi connectivity index (χ0v) is 10.0. The van der Waals surface area contributed by atoms with Gasteiger partial charge in [0.05, 0.1) is 18.0 Å². The third kappa shape index (κ3) is 2.15. The van der Waals surface area contributed by atoms with E-state index in [1.807, 2.05) is 13.1 Å². The van der Waals surface area contributed by atoms with Crippen molar-refractivity contribution in [3.63, 3.8) is 0 Å². The molecule has 1 aliphatic carbocycles. The molecule has 0 bridgehead atoms. The van der Waals surface area contributed by atoms with Crippen molar-refractivity contribution in [2.24, 2.45) is 4.99 Å². The highest BCUT2D eigenvalue weighted by atomic mass is 16.5. The second-order valence-corrected chi connectivity index (χ2v) is 4.64. The Bertz CT molecular complexity index is 485. The normalized spacial score (nSPS) is 25.2. The molecule has 2 aliphatic rings. The van der Waals surface area contributed by atoms with Gasteiger partial charge in [0, 0.05) is 30.9 Å². The molecule has 1 atom stereocenters. The van der Waals surface area contributed by atoms with Gasteiger partial charge in [-0.15, -0.1) is 0 Å². The molecule has 17 heavy (non-hydrogen) atoms. The fourth-order valence-corrected chi connectivity index (χ4v) is 2.13. The highest BCUT2D eigenvalue weighted by Crippen LogP contribution is 2.29. The minimum atomic E-state index is 0.499. The fourth-order valence-electron chi connectivity index (χ4n) is 2.13. The van der Waals surface area contributed by atoms with Gasteiger partial charge in [-0.1, -0.05) is 6.08 Å². The predicted octanol–water partition coefficient (Wildman–Crippen LogP) is 2.93. The van der Waals surface area contributed by atoms with Gasteiger partial charge in [0.2, 0.25) is 0 Å². The molecular formula is C14H16N2O.